The minimum Gasteiger partial charge on any atom is -0.462 e. The molecule has 0 amide bonds. The molecule has 1 atom stereocenters. The summed E-state index contributed by atoms with van der Waals surface area (Å²) in [5.41, 5.74) is 0. The number of hydrogen-bond acceptors (Lipinski definition) is 6. The highest BCUT2D eigenvalue weighted by atomic mass is 16.6. The lowest BCUT2D eigenvalue weighted by Gasteiger charge is -2.18. The number of unbranched alkanes of at least 4 members (excludes halogenated alkanes) is 19. The van der Waals surface area contributed by atoms with E-state index in [4.69, 9.17) is 14.2 Å². The SMILES string of the molecule is CC/C=C\C/C=C\C/C=C\C/C=C\C/C=C\C/C=C\CCC(=O)OC(COC(=O)CCCCCCC/C=C\CCCCC)COC(=O)CCCCCCCC/C=C\C/C=C\C/C=C\CCCCCCC. The highest BCUT2D eigenvalue weighted by Crippen LogP contribution is 2.13. The van der Waals surface area contributed by atoms with E-state index in [0.717, 1.165) is 116 Å². The largest absolute Gasteiger partial charge is 0.462 e. The zero-order valence-corrected chi connectivity index (χ0v) is 45.2. The fourth-order valence-electron chi connectivity index (χ4n) is 7.41. The molecule has 1 unspecified atom stereocenters. The van der Waals surface area contributed by atoms with Crippen LogP contribution in [0, 0.1) is 0 Å². The highest BCUT2D eigenvalue weighted by molar-refractivity contribution is 5.71. The molecule has 0 fully saturated rings. The summed E-state index contributed by atoms with van der Waals surface area (Å²) in [7, 11) is 0. The second kappa shape index (κ2) is 57.4. The molecule has 6 heteroatoms. The van der Waals surface area contributed by atoms with Gasteiger partial charge in [-0.05, 0) is 122 Å². The second-order valence-electron chi connectivity index (χ2n) is 18.5. The summed E-state index contributed by atoms with van der Waals surface area (Å²) in [6.07, 6.45) is 79.1. The van der Waals surface area contributed by atoms with Crippen LogP contribution in [0.2, 0.25) is 0 Å². The summed E-state index contributed by atoms with van der Waals surface area (Å²) < 4.78 is 16.8. The first kappa shape index (κ1) is 65.8. The number of carbonyl (C=O) groups is 3. The molecule has 0 saturated heterocycles. The summed E-state index contributed by atoms with van der Waals surface area (Å²) in [4.78, 5) is 38.1. The number of rotatable bonds is 50. The van der Waals surface area contributed by atoms with Crippen molar-refractivity contribution in [3.63, 3.8) is 0 Å². The van der Waals surface area contributed by atoms with E-state index in [0.29, 0.717) is 19.3 Å². The van der Waals surface area contributed by atoms with Crippen LogP contribution in [0.5, 0.6) is 0 Å². The number of carbonyl (C=O) groups excluding carboxylic acids is 3. The van der Waals surface area contributed by atoms with E-state index in [1.54, 1.807) is 0 Å². The fraction of sp³-hybridized carbons (Fsp3) is 0.641. The first-order valence-electron chi connectivity index (χ1n) is 28.5. The Bertz CT molecular complexity index is 1490. The Morgan fingerprint density at radius 2 is 0.586 bits per heavy atom. The van der Waals surface area contributed by atoms with Crippen LogP contribution in [0.1, 0.15) is 245 Å². The molecule has 0 aromatic rings. The summed E-state index contributed by atoms with van der Waals surface area (Å²) in [5.74, 6) is -1.03. The van der Waals surface area contributed by atoms with E-state index in [2.05, 4.69) is 130 Å². The lowest BCUT2D eigenvalue weighted by atomic mass is 10.1. The third-order valence-electron chi connectivity index (χ3n) is 11.7. The van der Waals surface area contributed by atoms with Crippen LogP contribution in [-0.4, -0.2) is 37.2 Å². The molecule has 396 valence electrons. The molecular weight excluding hydrogens is 865 g/mol. The molecule has 0 aliphatic rings. The zero-order chi connectivity index (χ0) is 50.7. The van der Waals surface area contributed by atoms with Crippen LogP contribution >= 0.6 is 0 Å². The Hall–Kier alpha value is -4.19. The Morgan fingerprint density at radius 3 is 0.971 bits per heavy atom. The van der Waals surface area contributed by atoms with Crippen molar-refractivity contribution in [1.82, 2.24) is 0 Å². The van der Waals surface area contributed by atoms with Crippen molar-refractivity contribution in [2.75, 3.05) is 13.2 Å². The molecule has 0 aliphatic carbocycles. The maximum Gasteiger partial charge on any atom is 0.306 e. The van der Waals surface area contributed by atoms with Gasteiger partial charge < -0.3 is 14.2 Å². The van der Waals surface area contributed by atoms with Gasteiger partial charge in [-0.3, -0.25) is 14.4 Å². The summed E-state index contributed by atoms with van der Waals surface area (Å²) in [6, 6.07) is 0. The molecule has 0 bridgehead atoms. The number of ether oxygens (including phenoxy) is 3. The fourth-order valence-corrected chi connectivity index (χ4v) is 7.41. The van der Waals surface area contributed by atoms with E-state index in [9.17, 15) is 14.4 Å². The molecular formula is C64H104O6. The Labute approximate surface area is 431 Å². The van der Waals surface area contributed by atoms with E-state index < -0.39 is 12.1 Å². The van der Waals surface area contributed by atoms with Gasteiger partial charge in [0.25, 0.3) is 0 Å². The third kappa shape index (κ3) is 54.7. The number of hydrogen-bond donors (Lipinski definition) is 0. The molecule has 0 aromatic heterocycles. The normalized spacial score (nSPS) is 13.0. The standard InChI is InChI=1S/C64H104O6/c1-4-7-10-13-16-19-22-25-27-29-31-32-34-35-37-39-42-45-48-51-54-57-63(66)69-60-61(59-68-62(65)56-53-50-47-44-41-24-21-18-15-12-9-6-3)70-64(67)58-55-52-49-46-43-40-38-36-33-30-28-26-23-20-17-14-11-8-5-2/h8,11,17-18,20-22,25-26,28-29,31,33-36,40,43,49,52,61H,4-7,9-10,12-16,19,23-24,27,30,32,37-39,41-42,44-48,50-51,53-60H2,1-3H3/b11-8-,20-17-,21-18-,25-22-,28-26-,31-29-,35-34-,36-33-,43-40-,52-49-. The number of allylic oxidation sites excluding steroid dienone is 20. The van der Waals surface area contributed by atoms with E-state index in [1.807, 2.05) is 12.2 Å². The lowest BCUT2D eigenvalue weighted by molar-refractivity contribution is -0.166. The molecule has 0 radical (unpaired) electrons. The highest BCUT2D eigenvalue weighted by Gasteiger charge is 2.19. The van der Waals surface area contributed by atoms with Gasteiger partial charge >= 0.3 is 17.9 Å². The van der Waals surface area contributed by atoms with Crippen LogP contribution in [0.3, 0.4) is 0 Å². The molecule has 0 heterocycles. The summed E-state index contributed by atoms with van der Waals surface area (Å²) in [5, 5.41) is 0. The van der Waals surface area contributed by atoms with E-state index >= 15 is 0 Å². The van der Waals surface area contributed by atoms with Crippen LogP contribution in [0.25, 0.3) is 0 Å². The van der Waals surface area contributed by atoms with Gasteiger partial charge in [-0.25, -0.2) is 0 Å². The topological polar surface area (TPSA) is 78.9 Å². The molecule has 0 saturated carbocycles. The Balaban J connectivity index is 4.51. The first-order valence-corrected chi connectivity index (χ1v) is 28.5. The van der Waals surface area contributed by atoms with Crippen LogP contribution in [-0.2, 0) is 28.6 Å². The Kier molecular flexibility index (Phi) is 54.0. The van der Waals surface area contributed by atoms with Gasteiger partial charge in [0.2, 0.25) is 0 Å². The molecule has 0 aliphatic heterocycles. The van der Waals surface area contributed by atoms with Crippen molar-refractivity contribution in [1.29, 1.82) is 0 Å². The smallest absolute Gasteiger partial charge is 0.306 e. The molecule has 0 spiro atoms. The van der Waals surface area contributed by atoms with Gasteiger partial charge in [0.05, 0.1) is 0 Å². The molecule has 0 N–H and O–H groups in total. The van der Waals surface area contributed by atoms with E-state index in [1.165, 1.54) is 83.5 Å². The van der Waals surface area contributed by atoms with Crippen molar-refractivity contribution in [2.45, 2.75) is 252 Å². The zero-order valence-electron chi connectivity index (χ0n) is 45.2. The van der Waals surface area contributed by atoms with Crippen LogP contribution in [0.4, 0.5) is 0 Å². The lowest BCUT2D eigenvalue weighted by Crippen LogP contribution is -2.30. The molecule has 70 heavy (non-hydrogen) atoms. The van der Waals surface area contributed by atoms with Gasteiger partial charge in [0.1, 0.15) is 13.2 Å². The van der Waals surface area contributed by atoms with Crippen molar-refractivity contribution in [3.8, 4) is 0 Å². The van der Waals surface area contributed by atoms with Crippen LogP contribution in [0.15, 0.2) is 122 Å². The number of esters is 3. The predicted octanol–water partition coefficient (Wildman–Crippen LogP) is 19.3. The van der Waals surface area contributed by atoms with Crippen molar-refractivity contribution < 1.29 is 28.6 Å². The van der Waals surface area contributed by atoms with Gasteiger partial charge in [-0.1, -0.05) is 226 Å². The Morgan fingerprint density at radius 1 is 0.300 bits per heavy atom. The maximum absolute atomic E-state index is 12.8. The average Bonchev–Trinajstić information content (AvgIpc) is 3.36. The maximum atomic E-state index is 12.8. The van der Waals surface area contributed by atoms with Gasteiger partial charge in [0, 0.05) is 19.3 Å². The quantitative estimate of drug-likeness (QED) is 0.0262. The van der Waals surface area contributed by atoms with Gasteiger partial charge in [0.15, 0.2) is 6.10 Å². The van der Waals surface area contributed by atoms with Crippen molar-refractivity contribution >= 4 is 17.9 Å². The van der Waals surface area contributed by atoms with Crippen LogP contribution < -0.4 is 0 Å². The van der Waals surface area contributed by atoms with Crippen molar-refractivity contribution in [3.05, 3.63) is 122 Å². The minimum absolute atomic E-state index is 0.120. The summed E-state index contributed by atoms with van der Waals surface area (Å²) >= 11 is 0. The second-order valence-corrected chi connectivity index (χ2v) is 18.5. The minimum atomic E-state index is -0.831. The van der Waals surface area contributed by atoms with E-state index in [-0.39, 0.29) is 31.6 Å². The van der Waals surface area contributed by atoms with Gasteiger partial charge in [-0.15, -0.1) is 0 Å². The van der Waals surface area contributed by atoms with Gasteiger partial charge in [-0.2, -0.15) is 0 Å². The molecule has 0 rings (SSSR count). The average molecular weight is 970 g/mol. The molecule has 6 nitrogen and oxygen atoms in total. The monoisotopic (exact) mass is 969 g/mol. The molecule has 0 aromatic carbocycles. The first-order chi connectivity index (χ1) is 34.5. The predicted molar refractivity (Wildman–Crippen MR) is 302 cm³/mol. The van der Waals surface area contributed by atoms with Crippen molar-refractivity contribution in [2.24, 2.45) is 0 Å². The third-order valence-corrected chi connectivity index (χ3v) is 11.7. The summed E-state index contributed by atoms with van der Waals surface area (Å²) in [6.45, 7) is 6.40.